The summed E-state index contributed by atoms with van der Waals surface area (Å²) in [6.07, 6.45) is 0.847. The van der Waals surface area contributed by atoms with Crippen LogP contribution in [0.25, 0.3) is 11.3 Å². The summed E-state index contributed by atoms with van der Waals surface area (Å²) in [7, 11) is 0. The maximum absolute atomic E-state index is 6.13. The molecule has 2 rings (SSSR count). The van der Waals surface area contributed by atoms with Gasteiger partial charge in [-0.2, -0.15) is 0 Å². The van der Waals surface area contributed by atoms with Crippen molar-refractivity contribution in [2.75, 3.05) is 5.73 Å². The van der Waals surface area contributed by atoms with E-state index in [2.05, 4.69) is 18.8 Å². The zero-order valence-electron chi connectivity index (χ0n) is 10.4. The van der Waals surface area contributed by atoms with Gasteiger partial charge in [-0.3, -0.25) is 0 Å². The maximum Gasteiger partial charge on any atom is 0.131 e. The predicted molar refractivity (Wildman–Crippen MR) is 77.1 cm³/mol. The maximum atomic E-state index is 6.13. The number of imidazole rings is 1. The van der Waals surface area contributed by atoms with E-state index in [1.807, 2.05) is 10.6 Å². The molecule has 18 heavy (non-hydrogen) atoms. The van der Waals surface area contributed by atoms with Crippen LogP contribution in [-0.2, 0) is 13.0 Å². The fourth-order valence-electron chi connectivity index (χ4n) is 1.99. The SMILES string of the molecule is CCc1nc(-c2ccc(Cl)c(Cl)c2)c(N)n1CC. The van der Waals surface area contributed by atoms with Gasteiger partial charge in [0.05, 0.1) is 10.0 Å². The van der Waals surface area contributed by atoms with Crippen molar-refractivity contribution in [1.29, 1.82) is 0 Å². The number of anilines is 1. The van der Waals surface area contributed by atoms with Crippen LogP contribution in [0.2, 0.25) is 10.0 Å². The number of benzene rings is 1. The number of rotatable bonds is 3. The minimum absolute atomic E-state index is 0.512. The lowest BCUT2D eigenvalue weighted by Gasteiger charge is -2.05. The number of nitrogens with zero attached hydrogens (tertiary/aromatic N) is 2. The van der Waals surface area contributed by atoms with Crippen LogP contribution in [-0.4, -0.2) is 9.55 Å². The molecule has 0 spiro atoms. The lowest BCUT2D eigenvalue weighted by Crippen LogP contribution is -2.04. The highest BCUT2D eigenvalue weighted by atomic mass is 35.5. The molecule has 0 saturated heterocycles. The lowest BCUT2D eigenvalue weighted by molar-refractivity contribution is 0.713. The molecule has 0 saturated carbocycles. The van der Waals surface area contributed by atoms with Crippen LogP contribution in [0.1, 0.15) is 19.7 Å². The van der Waals surface area contributed by atoms with Gasteiger partial charge in [0.2, 0.25) is 0 Å². The number of hydrogen-bond donors (Lipinski definition) is 1. The van der Waals surface area contributed by atoms with Crippen molar-refractivity contribution in [3.8, 4) is 11.3 Å². The first-order valence-electron chi connectivity index (χ1n) is 5.88. The summed E-state index contributed by atoms with van der Waals surface area (Å²) < 4.78 is 2.01. The van der Waals surface area contributed by atoms with Crippen LogP contribution >= 0.6 is 23.2 Å². The molecule has 1 heterocycles. The Kier molecular flexibility index (Phi) is 3.83. The van der Waals surface area contributed by atoms with Gasteiger partial charge < -0.3 is 10.3 Å². The Balaban J connectivity index is 2.56. The van der Waals surface area contributed by atoms with E-state index in [1.54, 1.807) is 12.1 Å². The number of aromatic nitrogens is 2. The van der Waals surface area contributed by atoms with Crippen molar-refractivity contribution in [2.24, 2.45) is 0 Å². The Labute approximate surface area is 117 Å². The van der Waals surface area contributed by atoms with E-state index < -0.39 is 0 Å². The second-order valence-electron chi connectivity index (χ2n) is 3.99. The number of nitrogens with two attached hydrogens (primary N) is 1. The van der Waals surface area contributed by atoms with Crippen LogP contribution in [0.4, 0.5) is 5.82 Å². The van der Waals surface area contributed by atoms with E-state index in [-0.39, 0.29) is 0 Å². The molecule has 0 radical (unpaired) electrons. The van der Waals surface area contributed by atoms with Crippen molar-refractivity contribution < 1.29 is 0 Å². The Bertz CT molecular complexity index is 576. The summed E-state index contributed by atoms with van der Waals surface area (Å²) in [5, 5.41) is 1.04. The third kappa shape index (κ3) is 2.20. The van der Waals surface area contributed by atoms with Crippen molar-refractivity contribution in [2.45, 2.75) is 26.8 Å². The van der Waals surface area contributed by atoms with Gasteiger partial charge in [0, 0.05) is 18.5 Å². The molecular formula is C13H15Cl2N3. The molecule has 0 aliphatic heterocycles. The molecule has 1 aromatic heterocycles. The Morgan fingerprint density at radius 1 is 1.22 bits per heavy atom. The van der Waals surface area contributed by atoms with Gasteiger partial charge >= 0.3 is 0 Å². The number of nitrogen functional groups attached to an aromatic ring is 1. The normalized spacial score (nSPS) is 10.9. The van der Waals surface area contributed by atoms with Crippen LogP contribution in [0.15, 0.2) is 18.2 Å². The first-order valence-corrected chi connectivity index (χ1v) is 6.64. The fourth-order valence-corrected chi connectivity index (χ4v) is 2.29. The monoisotopic (exact) mass is 283 g/mol. The third-order valence-corrected chi connectivity index (χ3v) is 3.65. The smallest absolute Gasteiger partial charge is 0.131 e. The summed E-state index contributed by atoms with van der Waals surface area (Å²) in [6, 6.07) is 5.43. The van der Waals surface area contributed by atoms with Crippen LogP contribution in [0.5, 0.6) is 0 Å². The Morgan fingerprint density at radius 2 is 1.94 bits per heavy atom. The van der Waals surface area contributed by atoms with E-state index in [4.69, 9.17) is 28.9 Å². The van der Waals surface area contributed by atoms with Crippen molar-refractivity contribution in [3.63, 3.8) is 0 Å². The Hall–Kier alpha value is -1.19. The summed E-state index contributed by atoms with van der Waals surface area (Å²) in [5.74, 6) is 1.66. The average Bonchev–Trinajstić information content (AvgIpc) is 2.69. The summed E-state index contributed by atoms with van der Waals surface area (Å²) >= 11 is 11.9. The summed E-state index contributed by atoms with van der Waals surface area (Å²) in [4.78, 5) is 4.58. The molecule has 5 heteroatoms. The molecule has 0 aliphatic carbocycles. The quantitative estimate of drug-likeness (QED) is 0.925. The number of hydrogen-bond acceptors (Lipinski definition) is 2. The molecule has 0 aliphatic rings. The molecule has 0 unspecified atom stereocenters. The van der Waals surface area contributed by atoms with Crippen molar-refractivity contribution in [1.82, 2.24) is 9.55 Å². The molecule has 1 aromatic carbocycles. The largest absolute Gasteiger partial charge is 0.383 e. The molecule has 96 valence electrons. The fraction of sp³-hybridized carbons (Fsp3) is 0.308. The molecule has 2 N–H and O–H groups in total. The standard InChI is InChI=1S/C13H15Cl2N3/c1-3-11-17-12(13(16)18(11)4-2)8-5-6-9(14)10(15)7-8/h5-7H,3-4,16H2,1-2H3. The van der Waals surface area contributed by atoms with E-state index in [1.165, 1.54) is 0 Å². The van der Waals surface area contributed by atoms with Gasteiger partial charge in [-0.05, 0) is 19.1 Å². The minimum atomic E-state index is 0.512. The lowest BCUT2D eigenvalue weighted by atomic mass is 10.1. The van der Waals surface area contributed by atoms with E-state index >= 15 is 0 Å². The summed E-state index contributed by atoms with van der Waals surface area (Å²) in [5.41, 5.74) is 7.80. The molecule has 2 aromatic rings. The van der Waals surface area contributed by atoms with Crippen LogP contribution in [0.3, 0.4) is 0 Å². The van der Waals surface area contributed by atoms with Gasteiger partial charge in [-0.15, -0.1) is 0 Å². The van der Waals surface area contributed by atoms with Gasteiger partial charge in [-0.1, -0.05) is 36.2 Å². The number of halogens is 2. The second kappa shape index (κ2) is 5.21. The van der Waals surface area contributed by atoms with Crippen molar-refractivity contribution in [3.05, 3.63) is 34.1 Å². The zero-order chi connectivity index (χ0) is 13.3. The molecule has 0 atom stereocenters. The highest BCUT2D eigenvalue weighted by molar-refractivity contribution is 6.42. The molecular weight excluding hydrogens is 269 g/mol. The topological polar surface area (TPSA) is 43.8 Å². The second-order valence-corrected chi connectivity index (χ2v) is 4.80. The molecule has 0 amide bonds. The van der Waals surface area contributed by atoms with Gasteiger partial charge in [0.25, 0.3) is 0 Å². The average molecular weight is 284 g/mol. The first kappa shape index (κ1) is 13.2. The molecule has 3 nitrogen and oxygen atoms in total. The molecule has 0 bridgehead atoms. The highest BCUT2D eigenvalue weighted by Gasteiger charge is 2.14. The minimum Gasteiger partial charge on any atom is -0.383 e. The Morgan fingerprint density at radius 3 is 2.44 bits per heavy atom. The van der Waals surface area contributed by atoms with Gasteiger partial charge in [0.1, 0.15) is 17.3 Å². The van der Waals surface area contributed by atoms with E-state index in [0.717, 1.165) is 30.0 Å². The summed E-state index contributed by atoms with van der Waals surface area (Å²) in [6.45, 7) is 4.92. The van der Waals surface area contributed by atoms with Gasteiger partial charge in [-0.25, -0.2) is 4.98 Å². The van der Waals surface area contributed by atoms with Crippen LogP contribution < -0.4 is 5.73 Å². The van der Waals surface area contributed by atoms with E-state index in [9.17, 15) is 0 Å². The van der Waals surface area contributed by atoms with Crippen LogP contribution in [0, 0.1) is 0 Å². The van der Waals surface area contributed by atoms with Gasteiger partial charge in [0.15, 0.2) is 0 Å². The van der Waals surface area contributed by atoms with Crippen molar-refractivity contribution >= 4 is 29.0 Å². The zero-order valence-corrected chi connectivity index (χ0v) is 11.9. The molecule has 0 fully saturated rings. The first-order chi connectivity index (χ1) is 8.58. The number of aryl methyl sites for hydroxylation is 1. The third-order valence-electron chi connectivity index (χ3n) is 2.91. The van der Waals surface area contributed by atoms with E-state index in [0.29, 0.717) is 15.9 Å². The predicted octanol–water partition coefficient (Wildman–Crippen LogP) is 4.02. The highest BCUT2D eigenvalue weighted by Crippen LogP contribution is 2.31.